The second-order valence-corrected chi connectivity index (χ2v) is 2.14. The SMILES string of the molecule is COC(=O)C=Cc1ccncc1. The van der Waals surface area contributed by atoms with E-state index in [9.17, 15) is 4.79 Å². The van der Waals surface area contributed by atoms with Crippen LogP contribution >= 0.6 is 0 Å². The van der Waals surface area contributed by atoms with Crippen molar-refractivity contribution in [1.29, 1.82) is 0 Å². The van der Waals surface area contributed by atoms with Gasteiger partial charge in [0.05, 0.1) is 7.11 Å². The molecule has 0 radical (unpaired) electrons. The van der Waals surface area contributed by atoms with Gasteiger partial charge in [-0.25, -0.2) is 4.79 Å². The highest BCUT2D eigenvalue weighted by molar-refractivity contribution is 5.86. The summed E-state index contributed by atoms with van der Waals surface area (Å²) in [5.74, 6) is -0.355. The van der Waals surface area contributed by atoms with Crippen LogP contribution < -0.4 is 0 Å². The molecule has 1 heterocycles. The van der Waals surface area contributed by atoms with E-state index in [-0.39, 0.29) is 5.97 Å². The van der Waals surface area contributed by atoms with Gasteiger partial charge in [0.25, 0.3) is 0 Å². The fourth-order valence-electron chi connectivity index (χ4n) is 0.707. The number of aromatic nitrogens is 1. The molecular weight excluding hydrogens is 154 g/mol. The van der Waals surface area contributed by atoms with E-state index in [0.29, 0.717) is 0 Å². The topological polar surface area (TPSA) is 39.2 Å². The van der Waals surface area contributed by atoms with Crippen LogP contribution in [0.1, 0.15) is 5.56 Å². The first-order valence-electron chi connectivity index (χ1n) is 3.49. The molecule has 0 aliphatic heterocycles. The van der Waals surface area contributed by atoms with Gasteiger partial charge in [-0.05, 0) is 23.8 Å². The lowest BCUT2D eigenvalue weighted by atomic mass is 10.2. The van der Waals surface area contributed by atoms with Gasteiger partial charge in [-0.15, -0.1) is 0 Å². The number of pyridine rings is 1. The molecule has 0 saturated carbocycles. The molecule has 0 amide bonds. The average Bonchev–Trinajstić information content (AvgIpc) is 2.16. The lowest BCUT2D eigenvalue weighted by Crippen LogP contribution is -1.93. The summed E-state index contributed by atoms with van der Waals surface area (Å²) >= 11 is 0. The fraction of sp³-hybridized carbons (Fsp3) is 0.111. The number of carbonyl (C=O) groups excluding carboxylic acids is 1. The third-order valence-electron chi connectivity index (χ3n) is 1.32. The Morgan fingerprint density at radius 1 is 1.50 bits per heavy atom. The highest BCUT2D eigenvalue weighted by Gasteiger charge is 1.90. The van der Waals surface area contributed by atoms with Crippen LogP contribution in [0.2, 0.25) is 0 Å². The number of ether oxygens (including phenoxy) is 1. The molecule has 0 fully saturated rings. The maximum atomic E-state index is 10.7. The van der Waals surface area contributed by atoms with Crippen LogP contribution in [0.3, 0.4) is 0 Å². The third kappa shape index (κ3) is 2.54. The summed E-state index contributed by atoms with van der Waals surface area (Å²) in [5.41, 5.74) is 0.926. The lowest BCUT2D eigenvalue weighted by molar-refractivity contribution is -0.134. The van der Waals surface area contributed by atoms with Crippen molar-refractivity contribution in [2.45, 2.75) is 0 Å². The number of carbonyl (C=O) groups is 1. The van der Waals surface area contributed by atoms with Crippen LogP contribution in [0.4, 0.5) is 0 Å². The molecule has 0 atom stereocenters. The zero-order valence-electron chi connectivity index (χ0n) is 6.73. The minimum absolute atomic E-state index is 0.355. The molecule has 0 aromatic carbocycles. The molecule has 0 N–H and O–H groups in total. The van der Waals surface area contributed by atoms with Crippen molar-refractivity contribution < 1.29 is 9.53 Å². The number of nitrogens with zero attached hydrogens (tertiary/aromatic N) is 1. The first kappa shape index (κ1) is 8.46. The predicted molar refractivity (Wildman–Crippen MR) is 45.3 cm³/mol. The van der Waals surface area contributed by atoms with E-state index < -0.39 is 0 Å². The van der Waals surface area contributed by atoms with Gasteiger partial charge in [0.1, 0.15) is 0 Å². The normalized spacial score (nSPS) is 10.1. The van der Waals surface area contributed by atoms with Crippen LogP contribution in [-0.2, 0) is 9.53 Å². The van der Waals surface area contributed by atoms with Gasteiger partial charge in [-0.3, -0.25) is 4.98 Å². The van der Waals surface area contributed by atoms with Crippen LogP contribution in [0, 0.1) is 0 Å². The van der Waals surface area contributed by atoms with E-state index in [1.165, 1.54) is 13.2 Å². The standard InChI is InChI=1S/C9H9NO2/c1-12-9(11)3-2-8-4-6-10-7-5-8/h2-7H,1H3. The predicted octanol–water partition coefficient (Wildman–Crippen LogP) is 1.27. The summed E-state index contributed by atoms with van der Waals surface area (Å²) in [5, 5.41) is 0. The van der Waals surface area contributed by atoms with Gasteiger partial charge in [0, 0.05) is 18.5 Å². The van der Waals surface area contributed by atoms with Crippen molar-refractivity contribution in [2.24, 2.45) is 0 Å². The molecule has 0 unspecified atom stereocenters. The first-order valence-corrected chi connectivity index (χ1v) is 3.49. The van der Waals surface area contributed by atoms with Crippen molar-refractivity contribution >= 4 is 12.0 Å². The van der Waals surface area contributed by atoms with E-state index >= 15 is 0 Å². The molecular formula is C9H9NO2. The molecule has 0 bridgehead atoms. The maximum Gasteiger partial charge on any atom is 0.330 e. The van der Waals surface area contributed by atoms with Crippen LogP contribution in [-0.4, -0.2) is 18.1 Å². The molecule has 0 saturated heterocycles. The highest BCUT2D eigenvalue weighted by Crippen LogP contribution is 1.98. The van der Waals surface area contributed by atoms with Crippen LogP contribution in [0.5, 0.6) is 0 Å². The van der Waals surface area contributed by atoms with E-state index in [2.05, 4.69) is 9.72 Å². The Morgan fingerprint density at radius 3 is 2.75 bits per heavy atom. The summed E-state index contributed by atoms with van der Waals surface area (Å²) in [7, 11) is 1.35. The summed E-state index contributed by atoms with van der Waals surface area (Å²) in [6, 6.07) is 3.61. The van der Waals surface area contributed by atoms with Crippen LogP contribution in [0.15, 0.2) is 30.6 Å². The molecule has 1 rings (SSSR count). The largest absolute Gasteiger partial charge is 0.466 e. The second-order valence-electron chi connectivity index (χ2n) is 2.14. The Bertz CT molecular complexity index is 280. The van der Waals surface area contributed by atoms with Gasteiger partial charge >= 0.3 is 5.97 Å². The van der Waals surface area contributed by atoms with E-state index in [4.69, 9.17) is 0 Å². The number of hydrogen-bond donors (Lipinski definition) is 0. The summed E-state index contributed by atoms with van der Waals surface area (Å²) in [6.45, 7) is 0. The second kappa shape index (κ2) is 4.28. The molecule has 3 nitrogen and oxygen atoms in total. The first-order chi connectivity index (χ1) is 5.83. The molecule has 1 aromatic rings. The van der Waals surface area contributed by atoms with Gasteiger partial charge in [0.2, 0.25) is 0 Å². The Hall–Kier alpha value is -1.64. The van der Waals surface area contributed by atoms with Crippen molar-refractivity contribution in [3.8, 4) is 0 Å². The fourth-order valence-corrected chi connectivity index (χ4v) is 0.707. The molecule has 0 aliphatic carbocycles. The Balaban J connectivity index is 2.64. The van der Waals surface area contributed by atoms with E-state index in [1.54, 1.807) is 30.6 Å². The minimum Gasteiger partial charge on any atom is -0.466 e. The van der Waals surface area contributed by atoms with Gasteiger partial charge in [-0.1, -0.05) is 0 Å². The summed E-state index contributed by atoms with van der Waals surface area (Å²) in [6.07, 6.45) is 6.37. The van der Waals surface area contributed by atoms with E-state index in [0.717, 1.165) is 5.56 Å². The van der Waals surface area contributed by atoms with Gasteiger partial charge in [-0.2, -0.15) is 0 Å². The number of esters is 1. The number of rotatable bonds is 2. The van der Waals surface area contributed by atoms with Crippen molar-refractivity contribution in [3.05, 3.63) is 36.2 Å². The molecule has 3 heteroatoms. The molecule has 62 valence electrons. The third-order valence-corrected chi connectivity index (χ3v) is 1.32. The zero-order chi connectivity index (χ0) is 8.81. The minimum atomic E-state index is -0.355. The Morgan fingerprint density at radius 2 is 2.17 bits per heavy atom. The average molecular weight is 163 g/mol. The molecule has 0 aliphatic rings. The summed E-state index contributed by atoms with van der Waals surface area (Å²) < 4.78 is 4.43. The smallest absolute Gasteiger partial charge is 0.330 e. The van der Waals surface area contributed by atoms with Crippen molar-refractivity contribution in [1.82, 2.24) is 4.98 Å². The molecule has 1 aromatic heterocycles. The monoisotopic (exact) mass is 163 g/mol. The Kier molecular flexibility index (Phi) is 3.02. The Labute approximate surface area is 70.7 Å². The summed E-state index contributed by atoms with van der Waals surface area (Å²) in [4.78, 5) is 14.5. The van der Waals surface area contributed by atoms with Gasteiger partial charge in [0.15, 0.2) is 0 Å². The van der Waals surface area contributed by atoms with Crippen LogP contribution in [0.25, 0.3) is 6.08 Å². The van der Waals surface area contributed by atoms with Crippen molar-refractivity contribution in [3.63, 3.8) is 0 Å². The quantitative estimate of drug-likeness (QED) is 0.486. The molecule has 0 spiro atoms. The number of methoxy groups -OCH3 is 1. The maximum absolute atomic E-state index is 10.7. The highest BCUT2D eigenvalue weighted by atomic mass is 16.5. The molecule has 12 heavy (non-hydrogen) atoms. The van der Waals surface area contributed by atoms with Crippen molar-refractivity contribution in [2.75, 3.05) is 7.11 Å². The van der Waals surface area contributed by atoms with E-state index in [1.807, 2.05) is 0 Å². The number of hydrogen-bond acceptors (Lipinski definition) is 3. The lowest BCUT2D eigenvalue weighted by Gasteiger charge is -1.90. The zero-order valence-corrected chi connectivity index (χ0v) is 6.73. The van der Waals surface area contributed by atoms with Gasteiger partial charge < -0.3 is 4.74 Å².